The number of hydrogen-bond acceptors (Lipinski definition) is 2. The Balaban J connectivity index is 2.47. The van der Waals surface area contributed by atoms with Crippen molar-refractivity contribution in [3.05, 3.63) is 0 Å². The maximum Gasteiger partial charge on any atom is 0.406 e. The molecule has 0 aromatic carbocycles. The van der Waals surface area contributed by atoms with Gasteiger partial charge in [-0.2, -0.15) is 13.2 Å². The van der Waals surface area contributed by atoms with Gasteiger partial charge in [-0.1, -0.05) is 0 Å². The number of aliphatic hydroxyl groups is 1. The van der Waals surface area contributed by atoms with Crippen LogP contribution < -0.4 is 0 Å². The van der Waals surface area contributed by atoms with Crippen LogP contribution in [0.25, 0.3) is 0 Å². The number of aliphatic hydroxyl groups excluding tert-OH is 1. The zero-order valence-corrected chi connectivity index (χ0v) is 7.42. The lowest BCUT2D eigenvalue weighted by Crippen LogP contribution is -2.38. The molecule has 0 radical (unpaired) electrons. The summed E-state index contributed by atoms with van der Waals surface area (Å²) in [5, 5.41) is 8.53. The molecule has 1 aliphatic rings. The molecular weight excluding hydrogens is 201 g/mol. The summed E-state index contributed by atoms with van der Waals surface area (Å²) in [6.45, 7) is -1.04. The van der Waals surface area contributed by atoms with Crippen molar-refractivity contribution in [2.45, 2.75) is 6.18 Å². The van der Waals surface area contributed by atoms with Gasteiger partial charge < -0.3 is 14.9 Å². The van der Waals surface area contributed by atoms with Crippen LogP contribution in [0.3, 0.4) is 0 Å². The Labute approximate surface area is 78.9 Å². The third-order valence-corrected chi connectivity index (χ3v) is 1.92. The summed E-state index contributed by atoms with van der Waals surface area (Å²) in [5.41, 5.74) is 0. The van der Waals surface area contributed by atoms with Gasteiger partial charge in [-0.05, 0) is 0 Å². The molecule has 1 fully saturated rings. The predicted octanol–water partition coefficient (Wildman–Crippen LogP) is 0.279. The Morgan fingerprint density at radius 3 is 2.36 bits per heavy atom. The number of nitrogens with zero attached hydrogens (tertiary/aromatic N) is 2. The molecule has 0 aromatic rings. The highest BCUT2D eigenvalue weighted by atomic mass is 19.4. The molecular formula is C7H11F3N2O2. The molecule has 0 saturated carbocycles. The van der Waals surface area contributed by atoms with Gasteiger partial charge in [-0.15, -0.1) is 0 Å². The smallest absolute Gasteiger partial charge is 0.395 e. The minimum Gasteiger partial charge on any atom is -0.395 e. The fourth-order valence-corrected chi connectivity index (χ4v) is 1.32. The van der Waals surface area contributed by atoms with Crippen molar-refractivity contribution in [2.75, 3.05) is 32.8 Å². The average molecular weight is 212 g/mol. The van der Waals surface area contributed by atoms with Crippen molar-refractivity contribution < 1.29 is 23.1 Å². The molecule has 1 rings (SSSR count). The van der Waals surface area contributed by atoms with Crippen LogP contribution in [0.1, 0.15) is 0 Å². The minimum atomic E-state index is -4.36. The van der Waals surface area contributed by atoms with Crippen LogP contribution in [0.4, 0.5) is 18.0 Å². The zero-order chi connectivity index (χ0) is 10.8. The van der Waals surface area contributed by atoms with Crippen LogP contribution in [0.5, 0.6) is 0 Å². The van der Waals surface area contributed by atoms with E-state index in [1.807, 2.05) is 0 Å². The minimum absolute atomic E-state index is 0.0678. The predicted molar refractivity (Wildman–Crippen MR) is 41.7 cm³/mol. The van der Waals surface area contributed by atoms with Gasteiger partial charge in [0.2, 0.25) is 0 Å². The first-order valence-corrected chi connectivity index (χ1v) is 4.15. The summed E-state index contributed by atoms with van der Waals surface area (Å²) in [7, 11) is 0. The number of carbonyl (C=O) groups excluding carboxylic acids is 1. The van der Waals surface area contributed by atoms with Gasteiger partial charge in [0.25, 0.3) is 0 Å². The first-order valence-electron chi connectivity index (χ1n) is 4.15. The maximum atomic E-state index is 11.9. The summed E-state index contributed by atoms with van der Waals surface area (Å²) < 4.78 is 35.8. The molecule has 82 valence electrons. The van der Waals surface area contributed by atoms with Crippen LogP contribution >= 0.6 is 0 Å². The number of halogens is 3. The number of alkyl halides is 3. The van der Waals surface area contributed by atoms with Crippen molar-refractivity contribution in [2.24, 2.45) is 0 Å². The number of amides is 2. The highest BCUT2D eigenvalue weighted by molar-refractivity contribution is 5.76. The SMILES string of the molecule is O=C1N(CCO)CCN1CC(F)(F)F. The first-order chi connectivity index (χ1) is 6.44. The highest BCUT2D eigenvalue weighted by Gasteiger charge is 2.37. The number of carbonyl (C=O) groups is 1. The fourth-order valence-electron chi connectivity index (χ4n) is 1.32. The van der Waals surface area contributed by atoms with Gasteiger partial charge in [0.1, 0.15) is 6.54 Å². The summed E-state index contributed by atoms with van der Waals surface area (Å²) >= 11 is 0. The van der Waals surface area contributed by atoms with Crippen LogP contribution in [0.2, 0.25) is 0 Å². The summed E-state index contributed by atoms with van der Waals surface area (Å²) in [6.07, 6.45) is -4.36. The van der Waals surface area contributed by atoms with Crippen molar-refractivity contribution in [1.29, 1.82) is 0 Å². The molecule has 0 bridgehead atoms. The van der Waals surface area contributed by atoms with Crippen LogP contribution in [-0.4, -0.2) is 59.9 Å². The molecule has 0 aliphatic carbocycles. The lowest BCUT2D eigenvalue weighted by Gasteiger charge is -2.18. The van der Waals surface area contributed by atoms with Gasteiger partial charge in [0.05, 0.1) is 6.61 Å². The van der Waals surface area contributed by atoms with Crippen molar-refractivity contribution in [3.8, 4) is 0 Å². The van der Waals surface area contributed by atoms with Gasteiger partial charge in [0, 0.05) is 19.6 Å². The van der Waals surface area contributed by atoms with E-state index in [0.29, 0.717) is 0 Å². The van der Waals surface area contributed by atoms with E-state index in [2.05, 4.69) is 0 Å². The van der Waals surface area contributed by atoms with Crippen molar-refractivity contribution in [1.82, 2.24) is 9.80 Å². The second-order valence-electron chi connectivity index (χ2n) is 3.03. The largest absolute Gasteiger partial charge is 0.406 e. The summed E-state index contributed by atoms with van der Waals surface area (Å²) in [4.78, 5) is 13.1. The van der Waals surface area contributed by atoms with Gasteiger partial charge in [-0.25, -0.2) is 4.79 Å². The Morgan fingerprint density at radius 1 is 1.29 bits per heavy atom. The zero-order valence-electron chi connectivity index (χ0n) is 7.42. The molecule has 1 saturated heterocycles. The van der Waals surface area contributed by atoms with Gasteiger partial charge >= 0.3 is 12.2 Å². The van der Waals surface area contributed by atoms with E-state index in [9.17, 15) is 18.0 Å². The fraction of sp³-hybridized carbons (Fsp3) is 0.857. The van der Waals surface area contributed by atoms with Crippen LogP contribution in [0.15, 0.2) is 0 Å². The number of β-amino-alcohol motifs (C(OH)–C–C–N with tert-alkyl or cyclic N) is 1. The molecule has 14 heavy (non-hydrogen) atoms. The average Bonchev–Trinajstić information content (AvgIpc) is 2.34. The molecule has 4 nitrogen and oxygen atoms in total. The second-order valence-corrected chi connectivity index (χ2v) is 3.03. The van der Waals surface area contributed by atoms with E-state index in [-0.39, 0.29) is 26.2 Å². The Bertz CT molecular complexity index is 219. The number of rotatable bonds is 3. The lowest BCUT2D eigenvalue weighted by molar-refractivity contribution is -0.138. The monoisotopic (exact) mass is 212 g/mol. The quantitative estimate of drug-likeness (QED) is 0.730. The third-order valence-electron chi connectivity index (χ3n) is 1.92. The number of hydrogen-bond donors (Lipinski definition) is 1. The molecule has 1 N–H and O–H groups in total. The van der Waals surface area contributed by atoms with E-state index < -0.39 is 18.8 Å². The molecule has 0 aromatic heterocycles. The van der Waals surface area contributed by atoms with Gasteiger partial charge in [0.15, 0.2) is 0 Å². The van der Waals surface area contributed by atoms with Crippen LogP contribution in [-0.2, 0) is 0 Å². The normalized spacial score (nSPS) is 18.1. The maximum absolute atomic E-state index is 11.9. The van der Waals surface area contributed by atoms with Crippen molar-refractivity contribution in [3.63, 3.8) is 0 Å². The van der Waals surface area contributed by atoms with E-state index in [0.717, 1.165) is 4.90 Å². The van der Waals surface area contributed by atoms with Gasteiger partial charge in [-0.3, -0.25) is 0 Å². The molecule has 1 heterocycles. The highest BCUT2D eigenvalue weighted by Crippen LogP contribution is 2.19. The molecule has 0 spiro atoms. The van der Waals surface area contributed by atoms with Crippen molar-refractivity contribution >= 4 is 6.03 Å². The van der Waals surface area contributed by atoms with E-state index in [1.165, 1.54) is 4.90 Å². The summed E-state index contributed by atoms with van der Waals surface area (Å²) in [6, 6.07) is -0.656. The molecule has 0 unspecified atom stereocenters. The Hall–Kier alpha value is -0.980. The number of urea groups is 1. The van der Waals surface area contributed by atoms with E-state index in [4.69, 9.17) is 5.11 Å². The summed E-state index contributed by atoms with van der Waals surface area (Å²) in [5.74, 6) is 0. The first kappa shape index (κ1) is 11.1. The molecule has 0 atom stereocenters. The molecule has 1 aliphatic heterocycles. The van der Waals surface area contributed by atoms with E-state index in [1.54, 1.807) is 0 Å². The van der Waals surface area contributed by atoms with Crippen LogP contribution in [0, 0.1) is 0 Å². The standard InChI is InChI=1S/C7H11F3N2O2/c8-7(9,10)5-12-2-1-11(3-4-13)6(12)14/h13H,1-5H2. The Morgan fingerprint density at radius 2 is 1.86 bits per heavy atom. The lowest BCUT2D eigenvalue weighted by atomic mass is 10.5. The molecule has 2 amide bonds. The Kier molecular flexibility index (Phi) is 3.20. The second kappa shape index (κ2) is 4.04. The third kappa shape index (κ3) is 2.76. The topological polar surface area (TPSA) is 43.8 Å². The molecule has 7 heteroatoms. The van der Waals surface area contributed by atoms with E-state index >= 15 is 0 Å².